The van der Waals surface area contributed by atoms with Crippen molar-refractivity contribution in [3.63, 3.8) is 0 Å². The standard InChI is InChI=1S/C23H26N4O2/c1-27(2)21-8-6-19(7-9-21)26-23(28)18-14-20(16-24-15-18)25-13-12-17-4-10-22(29-3)11-5-17/h4-11,14-16,25H,12-13H2,1-3H3,(H,26,28). The van der Waals surface area contributed by atoms with E-state index in [1.807, 2.05) is 73.6 Å². The van der Waals surface area contributed by atoms with Crippen LogP contribution in [0, 0.1) is 0 Å². The lowest BCUT2D eigenvalue weighted by atomic mass is 10.1. The van der Waals surface area contributed by atoms with Gasteiger partial charge in [-0.15, -0.1) is 0 Å². The summed E-state index contributed by atoms with van der Waals surface area (Å²) in [6.07, 6.45) is 4.15. The number of carbonyl (C=O) groups is 1. The zero-order chi connectivity index (χ0) is 20.6. The van der Waals surface area contributed by atoms with Crippen molar-refractivity contribution in [1.29, 1.82) is 0 Å². The van der Waals surface area contributed by atoms with E-state index in [1.165, 1.54) is 5.56 Å². The Kier molecular flexibility index (Phi) is 6.68. The van der Waals surface area contributed by atoms with E-state index in [1.54, 1.807) is 19.5 Å². The first-order valence-electron chi connectivity index (χ1n) is 9.46. The average molecular weight is 390 g/mol. The zero-order valence-corrected chi connectivity index (χ0v) is 17.0. The second-order valence-corrected chi connectivity index (χ2v) is 6.88. The number of amides is 1. The molecule has 0 radical (unpaired) electrons. The highest BCUT2D eigenvalue weighted by Crippen LogP contribution is 2.17. The van der Waals surface area contributed by atoms with Gasteiger partial charge < -0.3 is 20.3 Å². The van der Waals surface area contributed by atoms with Gasteiger partial charge in [-0.1, -0.05) is 12.1 Å². The Balaban J connectivity index is 1.55. The number of hydrogen-bond donors (Lipinski definition) is 2. The van der Waals surface area contributed by atoms with E-state index in [-0.39, 0.29) is 5.91 Å². The van der Waals surface area contributed by atoms with Gasteiger partial charge in [-0.25, -0.2) is 0 Å². The molecule has 1 aromatic heterocycles. The molecule has 0 aliphatic heterocycles. The third-order valence-corrected chi connectivity index (χ3v) is 4.54. The summed E-state index contributed by atoms with van der Waals surface area (Å²) < 4.78 is 5.17. The Bertz CT molecular complexity index is 938. The zero-order valence-electron chi connectivity index (χ0n) is 17.0. The molecule has 0 aliphatic rings. The van der Waals surface area contributed by atoms with Crippen molar-refractivity contribution >= 4 is 23.0 Å². The number of nitrogens with one attached hydrogen (secondary N) is 2. The minimum Gasteiger partial charge on any atom is -0.497 e. The number of carbonyl (C=O) groups excluding carboxylic acids is 1. The molecule has 2 N–H and O–H groups in total. The van der Waals surface area contributed by atoms with E-state index >= 15 is 0 Å². The van der Waals surface area contributed by atoms with Crippen molar-refractivity contribution in [2.75, 3.05) is 43.3 Å². The molecule has 150 valence electrons. The first-order chi connectivity index (χ1) is 14.0. The topological polar surface area (TPSA) is 66.5 Å². The highest BCUT2D eigenvalue weighted by atomic mass is 16.5. The molecular formula is C23H26N4O2. The molecule has 0 saturated carbocycles. The monoisotopic (exact) mass is 390 g/mol. The predicted octanol–water partition coefficient (Wildman–Crippen LogP) is 4.06. The van der Waals surface area contributed by atoms with Crippen LogP contribution in [-0.4, -0.2) is 38.6 Å². The first-order valence-corrected chi connectivity index (χ1v) is 9.46. The van der Waals surface area contributed by atoms with Crippen LogP contribution >= 0.6 is 0 Å². The molecule has 29 heavy (non-hydrogen) atoms. The summed E-state index contributed by atoms with van der Waals surface area (Å²) in [6, 6.07) is 17.5. The van der Waals surface area contributed by atoms with Crippen molar-refractivity contribution in [2.45, 2.75) is 6.42 Å². The highest BCUT2D eigenvalue weighted by Gasteiger charge is 2.08. The van der Waals surface area contributed by atoms with Crippen LogP contribution in [0.25, 0.3) is 0 Å². The number of benzene rings is 2. The fourth-order valence-corrected chi connectivity index (χ4v) is 2.85. The third kappa shape index (κ3) is 5.72. The van der Waals surface area contributed by atoms with Gasteiger partial charge in [-0.3, -0.25) is 9.78 Å². The first kappa shape index (κ1) is 20.2. The number of nitrogens with zero attached hydrogens (tertiary/aromatic N) is 2. The van der Waals surface area contributed by atoms with Gasteiger partial charge in [0.25, 0.3) is 5.91 Å². The maximum absolute atomic E-state index is 12.5. The molecule has 6 heteroatoms. The Labute approximate surface area is 171 Å². The lowest BCUT2D eigenvalue weighted by molar-refractivity contribution is 0.102. The quantitative estimate of drug-likeness (QED) is 0.607. The average Bonchev–Trinajstić information content (AvgIpc) is 2.75. The summed E-state index contributed by atoms with van der Waals surface area (Å²) >= 11 is 0. The van der Waals surface area contributed by atoms with Crippen LogP contribution in [0.2, 0.25) is 0 Å². The van der Waals surface area contributed by atoms with Gasteiger partial charge in [0.15, 0.2) is 0 Å². The van der Waals surface area contributed by atoms with E-state index in [4.69, 9.17) is 4.74 Å². The molecule has 0 fully saturated rings. The van der Waals surface area contributed by atoms with Crippen LogP contribution in [0.4, 0.5) is 17.1 Å². The van der Waals surface area contributed by atoms with E-state index in [2.05, 4.69) is 15.6 Å². The van der Waals surface area contributed by atoms with Gasteiger partial charge in [0.05, 0.1) is 18.4 Å². The van der Waals surface area contributed by atoms with Gasteiger partial charge in [0.1, 0.15) is 5.75 Å². The molecule has 1 heterocycles. The number of methoxy groups -OCH3 is 1. The van der Waals surface area contributed by atoms with Crippen molar-refractivity contribution in [3.05, 3.63) is 78.1 Å². The van der Waals surface area contributed by atoms with Crippen molar-refractivity contribution in [3.8, 4) is 5.75 Å². The third-order valence-electron chi connectivity index (χ3n) is 4.54. The molecule has 3 rings (SSSR count). The fourth-order valence-electron chi connectivity index (χ4n) is 2.85. The molecule has 0 atom stereocenters. The van der Waals surface area contributed by atoms with E-state index in [0.29, 0.717) is 5.56 Å². The van der Waals surface area contributed by atoms with Crippen LogP contribution < -0.4 is 20.3 Å². The molecule has 1 amide bonds. The van der Waals surface area contributed by atoms with Crippen molar-refractivity contribution in [1.82, 2.24) is 4.98 Å². The van der Waals surface area contributed by atoms with Crippen molar-refractivity contribution in [2.24, 2.45) is 0 Å². The minimum absolute atomic E-state index is 0.186. The summed E-state index contributed by atoms with van der Waals surface area (Å²) in [7, 11) is 5.62. The number of pyridine rings is 1. The second-order valence-electron chi connectivity index (χ2n) is 6.88. The van der Waals surface area contributed by atoms with Gasteiger partial charge in [0, 0.05) is 44.4 Å². The Hall–Kier alpha value is -3.54. The Morgan fingerprint density at radius 3 is 2.38 bits per heavy atom. The van der Waals surface area contributed by atoms with Gasteiger partial charge in [-0.2, -0.15) is 0 Å². The van der Waals surface area contributed by atoms with Crippen LogP contribution in [0.3, 0.4) is 0 Å². The smallest absolute Gasteiger partial charge is 0.257 e. The number of aromatic nitrogens is 1. The molecule has 0 aliphatic carbocycles. The predicted molar refractivity (Wildman–Crippen MR) is 118 cm³/mol. The molecule has 2 aromatic carbocycles. The fraction of sp³-hybridized carbons (Fsp3) is 0.217. The molecule has 0 spiro atoms. The van der Waals surface area contributed by atoms with Gasteiger partial charge >= 0.3 is 0 Å². The summed E-state index contributed by atoms with van der Waals surface area (Å²) in [5.41, 5.74) is 4.36. The van der Waals surface area contributed by atoms with Crippen LogP contribution in [0.1, 0.15) is 15.9 Å². The lowest BCUT2D eigenvalue weighted by Gasteiger charge is -2.13. The second kappa shape index (κ2) is 9.59. The van der Waals surface area contributed by atoms with Crippen LogP contribution in [0.15, 0.2) is 67.0 Å². The Morgan fingerprint density at radius 2 is 1.72 bits per heavy atom. The molecular weight excluding hydrogens is 364 g/mol. The van der Waals surface area contributed by atoms with E-state index in [0.717, 1.165) is 35.8 Å². The van der Waals surface area contributed by atoms with E-state index in [9.17, 15) is 4.79 Å². The molecule has 6 nitrogen and oxygen atoms in total. The number of ether oxygens (including phenoxy) is 1. The SMILES string of the molecule is COc1ccc(CCNc2cncc(C(=O)Nc3ccc(N(C)C)cc3)c2)cc1. The largest absolute Gasteiger partial charge is 0.497 e. The van der Waals surface area contributed by atoms with Crippen molar-refractivity contribution < 1.29 is 9.53 Å². The van der Waals surface area contributed by atoms with Crippen LogP contribution in [0.5, 0.6) is 5.75 Å². The minimum atomic E-state index is -0.186. The highest BCUT2D eigenvalue weighted by molar-refractivity contribution is 6.04. The summed E-state index contributed by atoms with van der Waals surface area (Å²) in [4.78, 5) is 18.7. The maximum atomic E-state index is 12.5. The summed E-state index contributed by atoms with van der Waals surface area (Å²) in [5.74, 6) is 0.662. The number of rotatable bonds is 8. The number of anilines is 3. The van der Waals surface area contributed by atoms with Crippen LogP contribution in [-0.2, 0) is 6.42 Å². The normalized spacial score (nSPS) is 10.3. The van der Waals surface area contributed by atoms with E-state index < -0.39 is 0 Å². The molecule has 0 bridgehead atoms. The maximum Gasteiger partial charge on any atom is 0.257 e. The molecule has 0 saturated heterocycles. The lowest BCUT2D eigenvalue weighted by Crippen LogP contribution is -2.14. The summed E-state index contributed by atoms with van der Waals surface area (Å²) in [5, 5.41) is 6.23. The molecule has 0 unspecified atom stereocenters. The van der Waals surface area contributed by atoms with Gasteiger partial charge in [-0.05, 0) is 54.4 Å². The Morgan fingerprint density at radius 1 is 1.00 bits per heavy atom. The summed E-state index contributed by atoms with van der Waals surface area (Å²) in [6.45, 7) is 0.741. The van der Waals surface area contributed by atoms with Gasteiger partial charge in [0.2, 0.25) is 0 Å². The number of hydrogen-bond acceptors (Lipinski definition) is 5. The molecule has 3 aromatic rings.